The number of piperidine rings is 1. The second kappa shape index (κ2) is 9.02. The molecular weight excluding hydrogens is 397 g/mol. The first-order valence-electron chi connectivity index (χ1n) is 9.52. The number of rotatable bonds is 7. The Hall–Kier alpha value is -2.30. The molecule has 0 amide bonds. The number of nitrogens with one attached hydrogen (secondary N) is 2. The molecule has 0 bridgehead atoms. The lowest BCUT2D eigenvalue weighted by Crippen LogP contribution is -2.42. The van der Waals surface area contributed by atoms with Crippen LogP contribution < -0.4 is 21.1 Å². The minimum absolute atomic E-state index is 0.0139. The molecule has 0 aliphatic carbocycles. The Morgan fingerprint density at radius 3 is 2.83 bits per heavy atom. The van der Waals surface area contributed by atoms with Gasteiger partial charge in [0.25, 0.3) is 0 Å². The van der Waals surface area contributed by atoms with Crippen LogP contribution in [-0.4, -0.2) is 43.3 Å². The zero-order chi connectivity index (χ0) is 21.0. The number of nitrogens with zero attached hydrogens (tertiary/aromatic N) is 2. The van der Waals surface area contributed by atoms with E-state index in [9.17, 15) is 12.8 Å². The number of aromatic nitrogens is 2. The van der Waals surface area contributed by atoms with E-state index in [1.54, 1.807) is 0 Å². The average molecular weight is 424 g/mol. The highest BCUT2D eigenvalue weighted by atomic mass is 32.2. The van der Waals surface area contributed by atoms with E-state index in [4.69, 9.17) is 10.5 Å². The predicted molar refractivity (Wildman–Crippen MR) is 108 cm³/mol. The molecule has 10 heteroatoms. The molecular formula is C19H26FN5O3S. The molecule has 158 valence electrons. The first-order chi connectivity index (χ1) is 13.8. The second-order valence-electron chi connectivity index (χ2n) is 7.07. The first kappa shape index (κ1) is 21.4. The van der Waals surface area contributed by atoms with Crippen LogP contribution in [-0.2, 0) is 16.4 Å². The fourth-order valence-corrected chi connectivity index (χ4v) is 3.92. The lowest BCUT2D eigenvalue weighted by Gasteiger charge is -2.30. The summed E-state index contributed by atoms with van der Waals surface area (Å²) in [6, 6.07) is 4.06. The van der Waals surface area contributed by atoms with Gasteiger partial charge in [-0.25, -0.2) is 22.8 Å². The van der Waals surface area contributed by atoms with Crippen LogP contribution in [0.4, 0.5) is 15.9 Å². The van der Waals surface area contributed by atoms with Gasteiger partial charge in [0.15, 0.2) is 9.84 Å². The Balaban J connectivity index is 1.83. The molecule has 2 unspecified atom stereocenters. The maximum Gasteiger partial charge on any atom is 0.223 e. The van der Waals surface area contributed by atoms with Gasteiger partial charge in [-0.3, -0.25) is 0 Å². The van der Waals surface area contributed by atoms with E-state index < -0.39 is 15.7 Å². The minimum atomic E-state index is -3.50. The van der Waals surface area contributed by atoms with Crippen LogP contribution in [0.5, 0.6) is 5.88 Å². The molecule has 1 aromatic carbocycles. The van der Waals surface area contributed by atoms with Crippen LogP contribution in [0.25, 0.3) is 0 Å². The van der Waals surface area contributed by atoms with Crippen molar-refractivity contribution in [3.8, 4) is 5.88 Å². The predicted octanol–water partition coefficient (Wildman–Crippen LogP) is 2.13. The Morgan fingerprint density at radius 2 is 2.17 bits per heavy atom. The number of hydrogen-bond acceptors (Lipinski definition) is 8. The summed E-state index contributed by atoms with van der Waals surface area (Å²) in [7, 11) is -3.50. The van der Waals surface area contributed by atoms with Gasteiger partial charge in [-0.2, -0.15) is 0 Å². The smallest absolute Gasteiger partial charge is 0.223 e. The van der Waals surface area contributed by atoms with E-state index in [-0.39, 0.29) is 23.2 Å². The van der Waals surface area contributed by atoms with Crippen molar-refractivity contribution in [2.24, 2.45) is 5.73 Å². The van der Waals surface area contributed by atoms with Gasteiger partial charge >= 0.3 is 0 Å². The maximum atomic E-state index is 14.4. The highest BCUT2D eigenvalue weighted by molar-refractivity contribution is 7.90. The van der Waals surface area contributed by atoms with Crippen molar-refractivity contribution in [3.05, 3.63) is 35.9 Å². The van der Waals surface area contributed by atoms with Gasteiger partial charge in [0, 0.05) is 18.8 Å². The number of hydrogen-bond donors (Lipinski definition) is 3. The topological polar surface area (TPSA) is 119 Å². The number of nitrogens with two attached hydrogens (primary N) is 1. The van der Waals surface area contributed by atoms with E-state index in [0.717, 1.165) is 38.1 Å². The number of ether oxygens (including phenoxy) is 1. The van der Waals surface area contributed by atoms with Crippen molar-refractivity contribution in [2.75, 3.05) is 18.1 Å². The number of sulfone groups is 1. The third kappa shape index (κ3) is 5.20. The van der Waals surface area contributed by atoms with Gasteiger partial charge < -0.3 is 21.1 Å². The molecule has 0 spiro atoms. The summed E-state index contributed by atoms with van der Waals surface area (Å²) < 4.78 is 43.7. The molecule has 8 nitrogen and oxygen atoms in total. The van der Waals surface area contributed by atoms with Gasteiger partial charge in [-0.05, 0) is 44.0 Å². The molecule has 4 N–H and O–H groups in total. The number of benzene rings is 1. The van der Waals surface area contributed by atoms with Crippen LogP contribution >= 0.6 is 0 Å². The highest BCUT2D eigenvalue weighted by Gasteiger charge is 2.24. The van der Waals surface area contributed by atoms with Gasteiger partial charge in [-0.15, -0.1) is 0 Å². The molecule has 1 fully saturated rings. The van der Waals surface area contributed by atoms with E-state index in [1.807, 2.05) is 0 Å². The van der Waals surface area contributed by atoms with Gasteiger partial charge in [0.05, 0.1) is 16.1 Å². The van der Waals surface area contributed by atoms with Crippen molar-refractivity contribution in [1.29, 1.82) is 0 Å². The molecule has 1 aliphatic heterocycles. The molecule has 3 rings (SSSR count). The molecule has 2 aromatic rings. The Kier molecular flexibility index (Phi) is 6.66. The Morgan fingerprint density at radius 1 is 1.38 bits per heavy atom. The standard InChI is InChI=1S/C19H26FN5O3S/c1-3-12-8-13(6-7-22-12)28-19-15(10-21)18(23-11-24-19)25-17-5-4-14(9-16(17)20)29(2,26)27/h4-5,9,11-13,22H,3,6-8,10,21H2,1-2H3,(H,23,24,25). The van der Waals surface area contributed by atoms with Crippen molar-refractivity contribution in [2.45, 2.75) is 49.8 Å². The Bertz CT molecular complexity index is 970. The van der Waals surface area contributed by atoms with Gasteiger partial charge in [0.1, 0.15) is 24.1 Å². The van der Waals surface area contributed by atoms with Crippen LogP contribution in [0.3, 0.4) is 0 Å². The lowest BCUT2D eigenvalue weighted by atomic mass is 10.00. The molecule has 29 heavy (non-hydrogen) atoms. The average Bonchev–Trinajstić information content (AvgIpc) is 2.69. The molecule has 2 heterocycles. The number of anilines is 2. The van der Waals surface area contributed by atoms with Crippen molar-refractivity contribution < 1.29 is 17.5 Å². The highest BCUT2D eigenvalue weighted by Crippen LogP contribution is 2.29. The van der Waals surface area contributed by atoms with E-state index in [1.165, 1.54) is 18.5 Å². The summed E-state index contributed by atoms with van der Waals surface area (Å²) in [5.74, 6) is -0.00878. The maximum absolute atomic E-state index is 14.4. The summed E-state index contributed by atoms with van der Waals surface area (Å²) in [4.78, 5) is 8.29. The number of halogens is 1. The minimum Gasteiger partial charge on any atom is -0.474 e. The molecule has 1 aromatic heterocycles. The van der Waals surface area contributed by atoms with Crippen molar-refractivity contribution >= 4 is 21.3 Å². The summed E-state index contributed by atoms with van der Waals surface area (Å²) in [6.45, 7) is 3.10. The molecule has 0 saturated carbocycles. The fraction of sp³-hybridized carbons (Fsp3) is 0.474. The van der Waals surface area contributed by atoms with E-state index in [2.05, 4.69) is 27.5 Å². The lowest BCUT2D eigenvalue weighted by molar-refractivity contribution is 0.131. The first-order valence-corrected chi connectivity index (χ1v) is 11.4. The SMILES string of the molecule is CCC1CC(Oc2ncnc(Nc3ccc(S(C)(=O)=O)cc3F)c2CN)CCN1. The quantitative estimate of drug-likeness (QED) is 0.620. The van der Waals surface area contributed by atoms with E-state index in [0.29, 0.717) is 23.3 Å². The summed E-state index contributed by atoms with van der Waals surface area (Å²) >= 11 is 0. The summed E-state index contributed by atoms with van der Waals surface area (Å²) in [5, 5.41) is 6.32. The third-order valence-electron chi connectivity index (χ3n) is 4.95. The van der Waals surface area contributed by atoms with Crippen LogP contribution in [0.1, 0.15) is 31.7 Å². The molecule has 0 radical (unpaired) electrons. The molecule has 1 aliphatic rings. The largest absolute Gasteiger partial charge is 0.474 e. The van der Waals surface area contributed by atoms with Crippen molar-refractivity contribution in [3.63, 3.8) is 0 Å². The van der Waals surface area contributed by atoms with Crippen LogP contribution in [0, 0.1) is 5.82 Å². The van der Waals surface area contributed by atoms with Gasteiger partial charge in [0.2, 0.25) is 5.88 Å². The van der Waals surface area contributed by atoms with Crippen LogP contribution in [0.15, 0.2) is 29.4 Å². The molecule has 2 atom stereocenters. The molecule has 1 saturated heterocycles. The zero-order valence-electron chi connectivity index (χ0n) is 16.5. The van der Waals surface area contributed by atoms with Gasteiger partial charge in [-0.1, -0.05) is 6.92 Å². The zero-order valence-corrected chi connectivity index (χ0v) is 17.3. The summed E-state index contributed by atoms with van der Waals surface area (Å²) in [5.41, 5.74) is 6.52. The van der Waals surface area contributed by atoms with Crippen molar-refractivity contribution in [1.82, 2.24) is 15.3 Å². The monoisotopic (exact) mass is 423 g/mol. The Labute approximate surface area is 170 Å². The normalized spacial score (nSPS) is 19.7. The summed E-state index contributed by atoms with van der Waals surface area (Å²) in [6.07, 6.45) is 5.12. The fourth-order valence-electron chi connectivity index (χ4n) is 3.29. The van der Waals surface area contributed by atoms with E-state index >= 15 is 0 Å². The van der Waals surface area contributed by atoms with Crippen LogP contribution in [0.2, 0.25) is 0 Å². The second-order valence-corrected chi connectivity index (χ2v) is 9.09. The third-order valence-corrected chi connectivity index (χ3v) is 6.06.